The number of hydrogen-bond acceptors (Lipinski definition) is 6. The lowest BCUT2D eigenvalue weighted by Crippen LogP contribution is -2.43. The van der Waals surface area contributed by atoms with Crippen LogP contribution in [-0.2, 0) is 0 Å². The fourth-order valence-corrected chi connectivity index (χ4v) is 3.11. The second kappa shape index (κ2) is 7.97. The Morgan fingerprint density at radius 3 is 2.85 bits per heavy atom. The van der Waals surface area contributed by atoms with Crippen LogP contribution >= 0.6 is 0 Å². The maximum atomic E-state index is 11.7. The molecule has 1 saturated carbocycles. The molecular formula is C19H24N6O. The first-order chi connectivity index (χ1) is 12.6. The summed E-state index contributed by atoms with van der Waals surface area (Å²) in [4.78, 5) is 20.4. The molecule has 0 bridgehead atoms. The zero-order valence-corrected chi connectivity index (χ0v) is 14.6. The lowest BCUT2D eigenvalue weighted by atomic mass is 9.91. The Morgan fingerprint density at radius 2 is 2.12 bits per heavy atom. The molecule has 1 aromatic carbocycles. The van der Waals surface area contributed by atoms with Crippen molar-refractivity contribution in [3.63, 3.8) is 0 Å². The minimum Gasteiger partial charge on any atom is -0.365 e. The van der Waals surface area contributed by atoms with E-state index in [1.54, 1.807) is 6.08 Å². The van der Waals surface area contributed by atoms with Gasteiger partial charge >= 0.3 is 0 Å². The molecule has 1 heterocycles. The van der Waals surface area contributed by atoms with Crippen molar-refractivity contribution in [2.75, 3.05) is 10.6 Å². The van der Waals surface area contributed by atoms with Crippen LogP contribution in [-0.4, -0.2) is 28.0 Å². The molecule has 3 rings (SSSR count). The second-order valence-electron chi connectivity index (χ2n) is 6.47. The lowest BCUT2D eigenvalue weighted by molar-refractivity contribution is 0.100. The van der Waals surface area contributed by atoms with E-state index in [0.29, 0.717) is 11.8 Å². The third-order valence-electron chi connectivity index (χ3n) is 4.57. The molecule has 0 saturated heterocycles. The Morgan fingerprint density at radius 1 is 1.31 bits per heavy atom. The van der Waals surface area contributed by atoms with Gasteiger partial charge in [0.2, 0.25) is 5.95 Å². The van der Waals surface area contributed by atoms with E-state index in [1.807, 2.05) is 24.3 Å². The van der Waals surface area contributed by atoms with Crippen molar-refractivity contribution in [1.82, 2.24) is 9.97 Å². The average molecular weight is 352 g/mol. The van der Waals surface area contributed by atoms with E-state index in [0.717, 1.165) is 36.9 Å². The molecule has 6 N–H and O–H groups in total. The summed E-state index contributed by atoms with van der Waals surface area (Å²) in [6, 6.07) is 7.81. The fraction of sp³-hybridized carbons (Fsp3) is 0.316. The van der Waals surface area contributed by atoms with Crippen LogP contribution in [0.4, 0.5) is 17.5 Å². The van der Waals surface area contributed by atoms with Gasteiger partial charge in [-0.2, -0.15) is 4.98 Å². The van der Waals surface area contributed by atoms with Gasteiger partial charge in [-0.25, -0.2) is 4.98 Å². The first-order valence-electron chi connectivity index (χ1n) is 8.75. The number of carbonyl (C=O) groups is 1. The molecule has 2 aromatic rings. The molecule has 26 heavy (non-hydrogen) atoms. The highest BCUT2D eigenvalue weighted by Crippen LogP contribution is 2.23. The predicted octanol–water partition coefficient (Wildman–Crippen LogP) is 2.64. The van der Waals surface area contributed by atoms with E-state index < -0.39 is 5.91 Å². The summed E-state index contributed by atoms with van der Waals surface area (Å²) >= 11 is 0. The summed E-state index contributed by atoms with van der Waals surface area (Å²) in [5, 5.41) is 6.44. The maximum Gasteiger partial charge on any atom is 0.254 e. The van der Waals surface area contributed by atoms with Crippen LogP contribution in [0.1, 0.15) is 41.6 Å². The van der Waals surface area contributed by atoms with Gasteiger partial charge in [-0.15, -0.1) is 0 Å². The number of primary amides is 1. The molecule has 0 unspecified atom stereocenters. The molecule has 1 aliphatic carbocycles. The van der Waals surface area contributed by atoms with Crippen molar-refractivity contribution >= 4 is 29.4 Å². The Kier molecular flexibility index (Phi) is 5.48. The third-order valence-corrected chi connectivity index (χ3v) is 4.57. The summed E-state index contributed by atoms with van der Waals surface area (Å²) in [6.45, 7) is 3.76. The molecular weight excluding hydrogens is 328 g/mol. The van der Waals surface area contributed by atoms with Crippen LogP contribution in [0.3, 0.4) is 0 Å². The highest BCUT2D eigenvalue weighted by molar-refractivity contribution is 5.98. The summed E-state index contributed by atoms with van der Waals surface area (Å²) in [7, 11) is 0. The second-order valence-corrected chi connectivity index (χ2v) is 6.47. The van der Waals surface area contributed by atoms with Gasteiger partial charge < -0.3 is 22.1 Å². The first-order valence-corrected chi connectivity index (χ1v) is 8.75. The smallest absolute Gasteiger partial charge is 0.254 e. The summed E-state index contributed by atoms with van der Waals surface area (Å²) in [6.07, 6.45) is 7.42. The number of anilines is 3. The quantitative estimate of drug-likeness (QED) is 0.634. The van der Waals surface area contributed by atoms with Crippen LogP contribution in [0.5, 0.6) is 0 Å². The highest BCUT2D eigenvalue weighted by Gasteiger charge is 2.23. The SMILES string of the molecule is C=Cc1cccc(Nc2nc(N[C@@H]3CCCC[C@@H]3N)ncc2C(N)=O)c1. The van der Waals surface area contributed by atoms with Crippen molar-refractivity contribution in [2.24, 2.45) is 11.5 Å². The van der Waals surface area contributed by atoms with Gasteiger partial charge in [0.05, 0.1) is 0 Å². The summed E-state index contributed by atoms with van der Waals surface area (Å²) in [5.41, 5.74) is 13.6. The van der Waals surface area contributed by atoms with E-state index in [-0.39, 0.29) is 17.6 Å². The number of aromatic nitrogens is 2. The third kappa shape index (κ3) is 4.18. The van der Waals surface area contributed by atoms with Crippen molar-refractivity contribution in [2.45, 2.75) is 37.8 Å². The van der Waals surface area contributed by atoms with Gasteiger partial charge in [-0.1, -0.05) is 37.6 Å². The predicted molar refractivity (Wildman–Crippen MR) is 104 cm³/mol. The molecule has 1 aromatic heterocycles. The number of nitrogens with two attached hydrogens (primary N) is 2. The van der Waals surface area contributed by atoms with Crippen molar-refractivity contribution in [3.8, 4) is 0 Å². The highest BCUT2D eigenvalue weighted by atomic mass is 16.1. The lowest BCUT2D eigenvalue weighted by Gasteiger charge is -2.29. The largest absolute Gasteiger partial charge is 0.365 e. The van der Waals surface area contributed by atoms with E-state index in [2.05, 4.69) is 27.2 Å². The van der Waals surface area contributed by atoms with Crippen LogP contribution in [0.15, 0.2) is 37.0 Å². The zero-order valence-electron chi connectivity index (χ0n) is 14.6. The Bertz CT molecular complexity index is 806. The normalized spacial score (nSPS) is 19.6. The molecule has 0 spiro atoms. The minimum atomic E-state index is -0.590. The van der Waals surface area contributed by atoms with Crippen LogP contribution in [0, 0.1) is 0 Å². The molecule has 1 fully saturated rings. The summed E-state index contributed by atoms with van der Waals surface area (Å²) < 4.78 is 0. The molecule has 0 radical (unpaired) electrons. The Balaban J connectivity index is 1.86. The van der Waals surface area contributed by atoms with Gasteiger partial charge in [0.25, 0.3) is 5.91 Å². The number of nitrogens with one attached hydrogen (secondary N) is 2. The van der Waals surface area contributed by atoms with E-state index in [1.165, 1.54) is 6.20 Å². The van der Waals surface area contributed by atoms with Crippen LogP contribution in [0.25, 0.3) is 6.08 Å². The fourth-order valence-electron chi connectivity index (χ4n) is 3.11. The number of amides is 1. The zero-order chi connectivity index (χ0) is 18.5. The number of hydrogen-bond donors (Lipinski definition) is 4. The van der Waals surface area contributed by atoms with Gasteiger partial charge in [-0.3, -0.25) is 4.79 Å². The number of carbonyl (C=O) groups excluding carboxylic acids is 1. The average Bonchev–Trinajstić information content (AvgIpc) is 2.64. The van der Waals surface area contributed by atoms with Crippen LogP contribution in [0.2, 0.25) is 0 Å². The topological polar surface area (TPSA) is 119 Å². The van der Waals surface area contributed by atoms with Crippen molar-refractivity contribution in [3.05, 3.63) is 48.2 Å². The minimum absolute atomic E-state index is 0.0730. The standard InChI is InChI=1S/C19H24N6O/c1-2-12-6-5-7-13(10-12)23-18-14(17(21)26)11-22-19(25-18)24-16-9-4-3-8-15(16)20/h2,5-7,10-11,15-16H,1,3-4,8-9,20H2,(H2,21,26)(H2,22,23,24,25)/t15-,16+/m0/s1. The van der Waals surface area contributed by atoms with E-state index in [9.17, 15) is 4.79 Å². The van der Waals surface area contributed by atoms with Gasteiger partial charge in [0.1, 0.15) is 11.4 Å². The maximum absolute atomic E-state index is 11.7. The molecule has 7 nitrogen and oxygen atoms in total. The molecule has 0 aliphatic heterocycles. The number of nitrogens with zero attached hydrogens (tertiary/aromatic N) is 2. The molecule has 7 heteroatoms. The molecule has 1 aliphatic rings. The molecule has 2 atom stereocenters. The van der Waals surface area contributed by atoms with Crippen molar-refractivity contribution < 1.29 is 4.79 Å². The van der Waals surface area contributed by atoms with Crippen molar-refractivity contribution in [1.29, 1.82) is 0 Å². The summed E-state index contributed by atoms with van der Waals surface area (Å²) in [5.74, 6) is 0.202. The van der Waals surface area contributed by atoms with E-state index in [4.69, 9.17) is 11.5 Å². The monoisotopic (exact) mass is 352 g/mol. The molecule has 1 amide bonds. The van der Waals surface area contributed by atoms with Gasteiger partial charge in [0.15, 0.2) is 0 Å². The van der Waals surface area contributed by atoms with Crippen LogP contribution < -0.4 is 22.1 Å². The van der Waals surface area contributed by atoms with Gasteiger partial charge in [-0.05, 0) is 30.5 Å². The first kappa shape index (κ1) is 17.9. The number of benzene rings is 1. The van der Waals surface area contributed by atoms with Gasteiger partial charge in [0, 0.05) is 24.0 Å². The number of rotatable bonds is 6. The Hall–Kier alpha value is -2.93. The van der Waals surface area contributed by atoms with E-state index >= 15 is 0 Å². The Labute approximate surface area is 152 Å². The molecule has 136 valence electrons.